The highest BCUT2D eigenvalue weighted by atomic mass is 35.5. The molecular weight excluding hydrogens is 370 g/mol. The largest absolute Gasteiger partial charge is 0.311 e. The monoisotopic (exact) mass is 389 g/mol. The van der Waals surface area contributed by atoms with E-state index < -0.39 is 0 Å². The fourth-order valence-corrected chi connectivity index (χ4v) is 3.36. The van der Waals surface area contributed by atoms with Gasteiger partial charge in [0.05, 0.1) is 18.2 Å². The number of aryl methyl sites for hydroxylation is 2. The van der Waals surface area contributed by atoms with Gasteiger partial charge in [-0.2, -0.15) is 5.26 Å². The Balaban J connectivity index is 2.15. The Bertz CT molecular complexity index is 843. The highest BCUT2D eigenvalue weighted by molar-refractivity contribution is 7.99. The molecule has 1 aromatic heterocycles. The number of aromatic nitrogens is 3. The maximum Gasteiger partial charge on any atom is 0.237 e. The zero-order valence-corrected chi connectivity index (χ0v) is 16.3. The van der Waals surface area contributed by atoms with E-state index in [4.69, 9.17) is 16.9 Å². The third kappa shape index (κ3) is 4.87. The van der Waals surface area contributed by atoms with Gasteiger partial charge in [0.15, 0.2) is 5.16 Å². The summed E-state index contributed by atoms with van der Waals surface area (Å²) in [4.78, 5) is 14.4. The summed E-state index contributed by atoms with van der Waals surface area (Å²) in [5.74, 6) is 0.870. The zero-order valence-electron chi connectivity index (χ0n) is 14.8. The molecule has 1 amide bonds. The van der Waals surface area contributed by atoms with E-state index >= 15 is 0 Å². The lowest BCUT2D eigenvalue weighted by atomic mass is 10.2. The number of allylic oxidation sites excluding steroid dienone is 1. The third-order valence-corrected chi connectivity index (χ3v) is 5.12. The molecule has 0 bridgehead atoms. The van der Waals surface area contributed by atoms with Crippen molar-refractivity contribution in [1.82, 2.24) is 14.8 Å². The van der Waals surface area contributed by atoms with Crippen LogP contribution in [-0.4, -0.2) is 33.0 Å². The molecule has 26 heavy (non-hydrogen) atoms. The highest BCUT2D eigenvalue weighted by Gasteiger charge is 2.18. The Kier molecular flexibility index (Phi) is 7.25. The van der Waals surface area contributed by atoms with E-state index in [9.17, 15) is 4.79 Å². The average molecular weight is 390 g/mol. The second-order valence-corrected chi connectivity index (χ2v) is 6.95. The summed E-state index contributed by atoms with van der Waals surface area (Å²) in [6, 6.07) is 7.49. The maximum absolute atomic E-state index is 12.8. The predicted molar refractivity (Wildman–Crippen MR) is 104 cm³/mol. The van der Waals surface area contributed by atoms with Crippen LogP contribution in [0.25, 0.3) is 0 Å². The fraction of sp³-hybridized carbons (Fsp3) is 0.333. The number of hydrogen-bond donors (Lipinski definition) is 0. The lowest BCUT2D eigenvalue weighted by Gasteiger charge is -2.22. The number of amides is 1. The van der Waals surface area contributed by atoms with Crippen molar-refractivity contribution in [2.75, 3.05) is 17.2 Å². The van der Waals surface area contributed by atoms with Crippen molar-refractivity contribution >= 4 is 35.0 Å². The van der Waals surface area contributed by atoms with Gasteiger partial charge in [-0.05, 0) is 37.6 Å². The Labute approximate surface area is 162 Å². The van der Waals surface area contributed by atoms with Gasteiger partial charge < -0.3 is 9.47 Å². The molecule has 0 unspecified atom stereocenters. The van der Waals surface area contributed by atoms with Crippen molar-refractivity contribution < 1.29 is 4.79 Å². The van der Waals surface area contributed by atoms with E-state index in [1.165, 1.54) is 11.8 Å². The second kappa shape index (κ2) is 9.41. The lowest BCUT2D eigenvalue weighted by molar-refractivity contribution is -0.116. The van der Waals surface area contributed by atoms with Gasteiger partial charge in [0.1, 0.15) is 5.82 Å². The molecule has 0 spiro atoms. The number of rotatable bonds is 8. The van der Waals surface area contributed by atoms with Gasteiger partial charge in [-0.3, -0.25) is 4.79 Å². The van der Waals surface area contributed by atoms with Crippen LogP contribution in [-0.2, 0) is 11.3 Å². The quantitative estimate of drug-likeness (QED) is 0.507. The number of nitrogens with zero attached hydrogens (tertiary/aromatic N) is 5. The molecule has 2 rings (SSSR count). The van der Waals surface area contributed by atoms with E-state index in [-0.39, 0.29) is 18.1 Å². The first kappa shape index (κ1) is 20.0. The molecular formula is C18H20ClN5OS. The third-order valence-electron chi connectivity index (χ3n) is 3.74. The van der Waals surface area contributed by atoms with E-state index in [2.05, 4.69) is 22.8 Å². The number of benzene rings is 1. The molecule has 0 N–H and O–H groups in total. The molecule has 0 radical (unpaired) electrons. The summed E-state index contributed by atoms with van der Waals surface area (Å²) < 4.78 is 1.90. The zero-order chi connectivity index (χ0) is 19.1. The molecule has 0 fully saturated rings. The van der Waals surface area contributed by atoms with Gasteiger partial charge in [-0.1, -0.05) is 29.4 Å². The van der Waals surface area contributed by atoms with Crippen molar-refractivity contribution in [2.45, 2.75) is 32.0 Å². The first-order valence-electron chi connectivity index (χ1n) is 8.05. The SMILES string of the molecule is C=CCn1c(C)nnc1SCC(=O)N(CCC#N)c1ccc(Cl)c(C)c1. The van der Waals surface area contributed by atoms with Crippen LogP contribution < -0.4 is 4.90 Å². The molecule has 8 heteroatoms. The number of carbonyl (C=O) groups excluding carboxylic acids is 1. The molecule has 0 aliphatic heterocycles. The van der Waals surface area contributed by atoms with Crippen molar-refractivity contribution in [1.29, 1.82) is 5.26 Å². The van der Waals surface area contributed by atoms with Gasteiger partial charge in [0.25, 0.3) is 0 Å². The number of nitriles is 1. The molecule has 1 aromatic carbocycles. The van der Waals surface area contributed by atoms with E-state index in [1.807, 2.05) is 24.5 Å². The summed E-state index contributed by atoms with van der Waals surface area (Å²) in [6.07, 6.45) is 2.02. The number of hydrogen-bond acceptors (Lipinski definition) is 5. The first-order chi connectivity index (χ1) is 12.5. The van der Waals surface area contributed by atoms with Gasteiger partial charge in [-0.15, -0.1) is 16.8 Å². The van der Waals surface area contributed by atoms with Crippen LogP contribution in [0.5, 0.6) is 0 Å². The Morgan fingerprint density at radius 1 is 1.46 bits per heavy atom. The minimum absolute atomic E-state index is 0.0993. The minimum Gasteiger partial charge on any atom is -0.311 e. The molecule has 1 heterocycles. The standard InChI is InChI=1S/C18H20ClN5OS/c1-4-9-23-14(3)21-22-18(23)26-12-17(25)24(10-5-8-20)15-6-7-16(19)13(2)11-15/h4,6-7,11H,1,5,9-10,12H2,2-3H3. The van der Waals surface area contributed by atoms with Crippen LogP contribution in [0.1, 0.15) is 17.8 Å². The van der Waals surface area contributed by atoms with Crippen LogP contribution >= 0.6 is 23.4 Å². The molecule has 0 aliphatic rings. The van der Waals surface area contributed by atoms with Gasteiger partial charge in [-0.25, -0.2) is 0 Å². The molecule has 6 nitrogen and oxygen atoms in total. The normalized spacial score (nSPS) is 10.4. The molecule has 0 saturated carbocycles. The topological polar surface area (TPSA) is 74.8 Å². The average Bonchev–Trinajstić information content (AvgIpc) is 2.97. The number of thioether (sulfide) groups is 1. The van der Waals surface area contributed by atoms with Gasteiger partial charge >= 0.3 is 0 Å². The van der Waals surface area contributed by atoms with Crippen molar-refractivity contribution in [3.63, 3.8) is 0 Å². The number of anilines is 1. The maximum atomic E-state index is 12.8. The summed E-state index contributed by atoms with van der Waals surface area (Å²) in [6.45, 7) is 8.39. The van der Waals surface area contributed by atoms with E-state index in [0.29, 0.717) is 23.3 Å². The first-order valence-corrected chi connectivity index (χ1v) is 9.41. The van der Waals surface area contributed by atoms with Crippen LogP contribution in [0.4, 0.5) is 5.69 Å². The molecule has 0 aliphatic carbocycles. The number of carbonyl (C=O) groups is 1. The minimum atomic E-state index is -0.0993. The highest BCUT2D eigenvalue weighted by Crippen LogP contribution is 2.24. The second-order valence-electron chi connectivity index (χ2n) is 5.60. The van der Waals surface area contributed by atoms with Crippen LogP contribution in [0.15, 0.2) is 36.0 Å². The summed E-state index contributed by atoms with van der Waals surface area (Å²) in [5, 5.41) is 18.4. The molecule has 0 atom stereocenters. The lowest BCUT2D eigenvalue weighted by Crippen LogP contribution is -2.33. The number of halogens is 1. The Morgan fingerprint density at radius 2 is 2.23 bits per heavy atom. The van der Waals surface area contributed by atoms with Crippen molar-refractivity contribution in [3.05, 3.63) is 47.3 Å². The fourth-order valence-electron chi connectivity index (χ4n) is 2.37. The van der Waals surface area contributed by atoms with Crippen molar-refractivity contribution in [2.24, 2.45) is 0 Å². The van der Waals surface area contributed by atoms with E-state index in [1.54, 1.807) is 23.1 Å². The predicted octanol–water partition coefficient (Wildman–Crippen LogP) is 3.77. The molecule has 2 aromatic rings. The molecule has 0 saturated heterocycles. The summed E-state index contributed by atoms with van der Waals surface area (Å²) in [5.41, 5.74) is 1.62. The van der Waals surface area contributed by atoms with E-state index in [0.717, 1.165) is 17.1 Å². The summed E-state index contributed by atoms with van der Waals surface area (Å²) in [7, 11) is 0. The summed E-state index contributed by atoms with van der Waals surface area (Å²) >= 11 is 7.40. The van der Waals surface area contributed by atoms with Crippen LogP contribution in [0.3, 0.4) is 0 Å². The Hall–Kier alpha value is -2.30. The van der Waals surface area contributed by atoms with Gasteiger partial charge in [0, 0.05) is 23.8 Å². The van der Waals surface area contributed by atoms with Crippen LogP contribution in [0.2, 0.25) is 5.02 Å². The molecule has 136 valence electrons. The van der Waals surface area contributed by atoms with Crippen molar-refractivity contribution in [3.8, 4) is 6.07 Å². The smallest absolute Gasteiger partial charge is 0.237 e. The van der Waals surface area contributed by atoms with Crippen LogP contribution in [0, 0.1) is 25.2 Å². The Morgan fingerprint density at radius 3 is 2.88 bits per heavy atom. The van der Waals surface area contributed by atoms with Gasteiger partial charge in [0.2, 0.25) is 5.91 Å².